The van der Waals surface area contributed by atoms with Gasteiger partial charge in [-0.05, 0) is 131 Å². The summed E-state index contributed by atoms with van der Waals surface area (Å²) in [6.07, 6.45) is 12.7. The van der Waals surface area contributed by atoms with Crippen LogP contribution in [-0.2, 0) is 47.1 Å². The van der Waals surface area contributed by atoms with E-state index in [9.17, 15) is 24.0 Å². The lowest BCUT2D eigenvalue weighted by atomic mass is 9.83. The minimum atomic E-state index is -0.539. The number of ether oxygens (including phenoxy) is 4. The number of pyridine rings is 1. The van der Waals surface area contributed by atoms with Gasteiger partial charge in [0.1, 0.15) is 5.75 Å². The number of hydrogen-bond donors (Lipinski definition) is 6. The Kier molecular flexibility index (Phi) is 19.8. The number of hydrogen-bond acceptors (Lipinski definition) is 14. The number of carbonyl (C=O) groups is 5. The van der Waals surface area contributed by atoms with E-state index in [-0.39, 0.29) is 29.9 Å². The molecule has 0 saturated carbocycles. The highest BCUT2D eigenvalue weighted by Gasteiger charge is 2.43. The van der Waals surface area contributed by atoms with Crippen LogP contribution >= 0.6 is 0 Å². The van der Waals surface area contributed by atoms with Crippen molar-refractivity contribution in [3.8, 4) is 17.1 Å². The Morgan fingerprint density at radius 3 is 2.22 bits per heavy atom. The van der Waals surface area contributed by atoms with Gasteiger partial charge < -0.3 is 45.2 Å². The number of H-pyrrole nitrogens is 1. The lowest BCUT2D eigenvalue weighted by molar-refractivity contribution is -0.137. The molecule has 6 N–H and O–H groups in total. The molecule has 3 aromatic carbocycles. The number of carbonyl (C=O) groups excluding carboxylic acids is 5. The molecule has 0 spiro atoms. The maximum absolute atomic E-state index is 13.4. The summed E-state index contributed by atoms with van der Waals surface area (Å²) in [5.41, 5.74) is 4.70. The molecule has 74 heavy (non-hydrogen) atoms. The molecule has 2 fully saturated rings. The molecule has 2 atom stereocenters. The summed E-state index contributed by atoms with van der Waals surface area (Å²) >= 11 is 0. The number of benzene rings is 3. The van der Waals surface area contributed by atoms with E-state index < -0.39 is 23.3 Å². The van der Waals surface area contributed by atoms with Gasteiger partial charge in [-0.3, -0.25) is 34.3 Å². The predicted molar refractivity (Wildman–Crippen MR) is 278 cm³/mol. The number of rotatable bonds is 29. The summed E-state index contributed by atoms with van der Waals surface area (Å²) in [5.74, 6) is 0.0871. The molecule has 8 rings (SSSR count). The molecule has 18 heteroatoms. The zero-order valence-electron chi connectivity index (χ0n) is 42.1. The number of aromatic nitrogens is 4. The molecule has 3 aliphatic rings. The van der Waals surface area contributed by atoms with Gasteiger partial charge in [-0.1, -0.05) is 43.2 Å². The maximum atomic E-state index is 13.4. The summed E-state index contributed by atoms with van der Waals surface area (Å²) in [4.78, 5) is 70.8. The van der Waals surface area contributed by atoms with Gasteiger partial charge in [0, 0.05) is 84.9 Å². The third-order valence-electron chi connectivity index (χ3n) is 13.8. The van der Waals surface area contributed by atoms with Crippen LogP contribution in [0.5, 0.6) is 5.75 Å². The minimum Gasteiger partial charge on any atom is -0.494 e. The van der Waals surface area contributed by atoms with Gasteiger partial charge in [-0.2, -0.15) is 0 Å². The first-order chi connectivity index (χ1) is 36.2. The van der Waals surface area contributed by atoms with Crippen LogP contribution in [0.15, 0.2) is 91.3 Å². The van der Waals surface area contributed by atoms with Gasteiger partial charge in [0.05, 0.1) is 38.6 Å². The summed E-state index contributed by atoms with van der Waals surface area (Å²) in [6.45, 7) is 5.93. The first-order valence-corrected chi connectivity index (χ1v) is 26.2. The molecule has 1 aliphatic carbocycles. The van der Waals surface area contributed by atoms with E-state index in [2.05, 4.69) is 46.7 Å². The van der Waals surface area contributed by atoms with E-state index in [0.29, 0.717) is 101 Å². The van der Waals surface area contributed by atoms with Crippen LogP contribution in [0, 0.1) is 11.8 Å². The van der Waals surface area contributed by atoms with Crippen LogP contribution in [0.3, 0.4) is 0 Å². The van der Waals surface area contributed by atoms with Gasteiger partial charge in [0.25, 0.3) is 5.91 Å². The molecule has 0 bridgehead atoms. The second-order valence-corrected chi connectivity index (χ2v) is 19.1. The number of piperidine rings is 2. The lowest BCUT2D eigenvalue weighted by Crippen LogP contribution is -2.46. The van der Waals surface area contributed by atoms with Crippen molar-refractivity contribution in [2.24, 2.45) is 11.8 Å². The molecule has 0 radical (unpaired) electrons. The zero-order valence-corrected chi connectivity index (χ0v) is 42.1. The molecule has 5 aromatic rings. The standard InChI is InChI=1S/C56H69N9O9/c66-49(60-48-16-10-15-44-46(48)37-47(51(44)68)45-18-19-50(67)61-54(45)70)17-4-3-6-29-72-32-34-73-33-31-71-28-5-1-2-7-30-74-43-14-8-11-39(35-43)38-59-53(69)41-12-9-13-42(36-41)63-56(22-26-58-27-23-56)55-62-52(64-65-55)40-20-24-57-25-21-40/h8-16,20-21,24-25,35-36,45,47,58,63H,1-7,17-19,22-23,26-34,37-38H2,(H,59,69)(H,60,66)(H,61,67,70)(H,62,64,65). The average molecular weight is 1010 g/mol. The van der Waals surface area contributed by atoms with Gasteiger partial charge in [-0.15, -0.1) is 10.2 Å². The highest BCUT2D eigenvalue weighted by atomic mass is 16.5. The van der Waals surface area contributed by atoms with Gasteiger partial charge in [0.15, 0.2) is 17.4 Å². The average Bonchev–Trinajstić information content (AvgIpc) is 4.06. The third kappa shape index (κ3) is 15.1. The highest BCUT2D eigenvalue weighted by Crippen LogP contribution is 2.39. The summed E-state index contributed by atoms with van der Waals surface area (Å²) in [5, 5.41) is 24.5. The van der Waals surface area contributed by atoms with Crippen LogP contribution in [0.25, 0.3) is 11.4 Å². The number of nitrogens with one attached hydrogen (secondary N) is 6. The highest BCUT2D eigenvalue weighted by molar-refractivity contribution is 6.08. The zero-order chi connectivity index (χ0) is 51.4. The van der Waals surface area contributed by atoms with Crippen molar-refractivity contribution in [3.05, 3.63) is 119 Å². The van der Waals surface area contributed by atoms with Crippen molar-refractivity contribution < 1.29 is 42.9 Å². The van der Waals surface area contributed by atoms with Crippen molar-refractivity contribution in [1.29, 1.82) is 0 Å². The third-order valence-corrected chi connectivity index (χ3v) is 13.8. The molecular formula is C56H69N9O9. The maximum Gasteiger partial charge on any atom is 0.251 e. The number of imide groups is 1. The van der Waals surface area contributed by atoms with Gasteiger partial charge in [0.2, 0.25) is 17.7 Å². The molecule has 4 heterocycles. The fourth-order valence-electron chi connectivity index (χ4n) is 9.79. The number of amides is 4. The van der Waals surface area contributed by atoms with Gasteiger partial charge >= 0.3 is 0 Å². The molecule has 18 nitrogen and oxygen atoms in total. The van der Waals surface area contributed by atoms with Crippen molar-refractivity contribution in [1.82, 2.24) is 36.1 Å². The fourth-order valence-corrected chi connectivity index (χ4v) is 9.79. The molecular weight excluding hydrogens is 943 g/mol. The number of fused-ring (bicyclic) bond motifs is 1. The molecule has 2 aromatic heterocycles. The summed E-state index contributed by atoms with van der Waals surface area (Å²) < 4.78 is 23.1. The number of Topliss-reactive ketones (excluding diaryl/α,β-unsaturated/α-hetero) is 1. The van der Waals surface area contributed by atoms with E-state index >= 15 is 0 Å². The Morgan fingerprint density at radius 2 is 1.45 bits per heavy atom. The van der Waals surface area contributed by atoms with Crippen LogP contribution in [-0.4, -0.2) is 109 Å². The van der Waals surface area contributed by atoms with Crippen LogP contribution in [0.1, 0.15) is 115 Å². The summed E-state index contributed by atoms with van der Waals surface area (Å²) in [7, 11) is 0. The van der Waals surface area contributed by atoms with Crippen LogP contribution in [0.4, 0.5) is 11.4 Å². The van der Waals surface area contributed by atoms with Gasteiger partial charge in [-0.25, -0.2) is 0 Å². The monoisotopic (exact) mass is 1010 g/mol. The number of nitrogens with zero attached hydrogens (tertiary/aromatic N) is 3. The number of aromatic amines is 1. The summed E-state index contributed by atoms with van der Waals surface area (Å²) in [6, 6.07) is 24.5. The Labute approximate surface area is 432 Å². The lowest BCUT2D eigenvalue weighted by Gasteiger charge is -2.37. The molecule has 2 unspecified atom stereocenters. The van der Waals surface area contributed by atoms with Crippen molar-refractivity contribution in [2.45, 2.75) is 95.6 Å². The molecule has 4 amide bonds. The van der Waals surface area contributed by atoms with Crippen LogP contribution < -0.4 is 31.3 Å². The second kappa shape index (κ2) is 27.4. The number of unbranched alkanes of at least 4 members (excludes halogenated alkanes) is 5. The smallest absolute Gasteiger partial charge is 0.251 e. The van der Waals surface area contributed by atoms with E-state index in [1.165, 1.54) is 0 Å². The Hall–Kier alpha value is -6.86. The number of ketones is 1. The van der Waals surface area contributed by atoms with E-state index in [1.54, 1.807) is 30.6 Å². The SMILES string of the molecule is O=C1CCC(C2Cc3c(NC(=O)CCCCCOCCOCCOCCCCCCOc4cccc(CNC(=O)c5cccc(NC6(c7nnc(-c8ccncc8)[nH]7)CCNCC6)c5)c4)cccc3C2=O)C(=O)N1. The Morgan fingerprint density at radius 1 is 0.730 bits per heavy atom. The second-order valence-electron chi connectivity index (χ2n) is 19.1. The molecule has 392 valence electrons. The first kappa shape index (κ1) is 53.4. The van der Waals surface area contributed by atoms with E-state index in [0.717, 1.165) is 98.4 Å². The van der Waals surface area contributed by atoms with E-state index in [1.807, 2.05) is 60.7 Å². The van der Waals surface area contributed by atoms with E-state index in [4.69, 9.17) is 18.9 Å². The van der Waals surface area contributed by atoms with Crippen molar-refractivity contribution >= 4 is 40.8 Å². The van der Waals surface area contributed by atoms with Crippen molar-refractivity contribution in [3.63, 3.8) is 0 Å². The Balaban J connectivity index is 0.612. The minimum absolute atomic E-state index is 0.106. The normalized spacial score (nSPS) is 17.1. The Bertz CT molecular complexity index is 2660. The fraction of sp³-hybridized carbons (Fsp3) is 0.464. The topological polar surface area (TPSA) is 237 Å². The first-order valence-electron chi connectivity index (χ1n) is 26.2. The van der Waals surface area contributed by atoms with Crippen molar-refractivity contribution in [2.75, 3.05) is 70.0 Å². The number of anilines is 2. The molecule has 2 saturated heterocycles. The quantitative estimate of drug-likeness (QED) is 0.0207. The van der Waals surface area contributed by atoms with Crippen LogP contribution in [0.2, 0.25) is 0 Å². The molecule has 2 aliphatic heterocycles. The predicted octanol–water partition coefficient (Wildman–Crippen LogP) is 7.08. The largest absolute Gasteiger partial charge is 0.494 e.